The van der Waals surface area contributed by atoms with Crippen LogP contribution < -0.4 is 0 Å². The monoisotopic (exact) mass is 528 g/mol. The first-order valence-corrected chi connectivity index (χ1v) is 11.6. The van der Waals surface area contributed by atoms with Crippen LogP contribution in [0.15, 0.2) is 70.5 Å². The van der Waals surface area contributed by atoms with Gasteiger partial charge in [0, 0.05) is 15.4 Å². The Labute approximate surface area is 199 Å². The summed E-state index contributed by atoms with van der Waals surface area (Å²) in [7, 11) is 0. The Bertz CT molecular complexity index is 1420. The van der Waals surface area contributed by atoms with Gasteiger partial charge < -0.3 is 4.90 Å². The highest BCUT2D eigenvalue weighted by atomic mass is 79.9. The predicted molar refractivity (Wildman–Crippen MR) is 124 cm³/mol. The summed E-state index contributed by atoms with van der Waals surface area (Å²) in [4.78, 5) is 27.0. The summed E-state index contributed by atoms with van der Waals surface area (Å²) >= 11 is 4.49. The summed E-state index contributed by atoms with van der Waals surface area (Å²) in [6.07, 6.45) is -1.18. The lowest BCUT2D eigenvalue weighted by Crippen LogP contribution is -2.35. The number of nitrogens with zero attached hydrogens (tertiary/aromatic N) is 2. The normalized spacial score (nSPS) is 16.1. The molecule has 0 bridgehead atoms. The largest absolute Gasteiger partial charge is 0.302 e. The van der Waals surface area contributed by atoms with E-state index < -0.39 is 41.7 Å². The molecule has 5 rings (SSSR count). The Morgan fingerprint density at radius 1 is 1.06 bits per heavy atom. The van der Waals surface area contributed by atoms with Gasteiger partial charge in [-0.2, -0.15) is 5.06 Å². The molecule has 0 saturated carbocycles. The second-order valence-electron chi connectivity index (χ2n) is 7.52. The number of hydroxylamine groups is 2. The molecule has 0 radical (unpaired) electrons. The van der Waals surface area contributed by atoms with Crippen molar-refractivity contribution in [2.45, 2.75) is 6.17 Å². The van der Waals surface area contributed by atoms with Crippen molar-refractivity contribution >= 4 is 49.9 Å². The SMILES string of the molecule is O=C1CN(C(=O)c2c(F)ccc(-c3cccc4ccccc34)c2F)C(c2cc(Br)cs2)N1O. The first-order chi connectivity index (χ1) is 15.9. The van der Waals surface area contributed by atoms with Gasteiger partial charge >= 0.3 is 0 Å². The number of hydrogen-bond donors (Lipinski definition) is 1. The highest BCUT2D eigenvalue weighted by Gasteiger charge is 2.43. The molecule has 3 aromatic carbocycles. The molecule has 1 N–H and O–H groups in total. The topological polar surface area (TPSA) is 60.9 Å². The Morgan fingerprint density at radius 2 is 1.82 bits per heavy atom. The van der Waals surface area contributed by atoms with Gasteiger partial charge in [0.05, 0.1) is 4.88 Å². The molecule has 1 fully saturated rings. The fourth-order valence-corrected chi connectivity index (χ4v) is 5.59. The van der Waals surface area contributed by atoms with Crippen LogP contribution in [0.2, 0.25) is 0 Å². The van der Waals surface area contributed by atoms with Gasteiger partial charge in [0.25, 0.3) is 11.8 Å². The maximum Gasteiger partial charge on any atom is 0.268 e. The van der Waals surface area contributed by atoms with Gasteiger partial charge in [-0.15, -0.1) is 11.3 Å². The summed E-state index contributed by atoms with van der Waals surface area (Å²) in [6, 6.07) is 16.7. The molecule has 4 aromatic rings. The molecule has 5 nitrogen and oxygen atoms in total. The minimum absolute atomic E-state index is 0.0679. The highest BCUT2D eigenvalue weighted by molar-refractivity contribution is 9.10. The maximum atomic E-state index is 15.7. The van der Waals surface area contributed by atoms with Gasteiger partial charge in [-0.3, -0.25) is 14.8 Å². The van der Waals surface area contributed by atoms with Crippen LogP contribution in [-0.4, -0.2) is 33.5 Å². The third kappa shape index (κ3) is 3.62. The molecule has 166 valence electrons. The fraction of sp³-hybridized carbons (Fsp3) is 0.0833. The van der Waals surface area contributed by atoms with Crippen LogP contribution in [0, 0.1) is 11.6 Å². The minimum atomic E-state index is -1.18. The number of thiophene rings is 1. The molecule has 1 aliphatic rings. The smallest absolute Gasteiger partial charge is 0.268 e. The molecule has 33 heavy (non-hydrogen) atoms. The molecule has 2 heterocycles. The standard InChI is InChI=1S/C24H15BrF2N2O3S/c25-14-10-19(33-12-14)23-28(11-20(30)29(23)32)24(31)21-18(26)9-8-17(22(21)27)16-7-3-5-13-4-1-2-6-15(13)16/h1-10,12,23,32H,11H2. The molecule has 1 unspecified atom stereocenters. The van der Waals surface area contributed by atoms with Gasteiger partial charge in [-0.1, -0.05) is 42.5 Å². The summed E-state index contributed by atoms with van der Waals surface area (Å²) in [5, 5.41) is 14.0. The zero-order valence-corrected chi connectivity index (χ0v) is 19.2. The van der Waals surface area contributed by atoms with Gasteiger partial charge in [-0.25, -0.2) is 8.78 Å². The van der Waals surface area contributed by atoms with E-state index in [2.05, 4.69) is 15.9 Å². The van der Waals surface area contributed by atoms with E-state index in [1.807, 2.05) is 30.3 Å². The summed E-state index contributed by atoms with van der Waals surface area (Å²) < 4.78 is 31.3. The van der Waals surface area contributed by atoms with Crippen LogP contribution in [-0.2, 0) is 4.79 Å². The van der Waals surface area contributed by atoms with E-state index in [0.717, 1.165) is 21.7 Å². The number of hydrogen-bond acceptors (Lipinski definition) is 4. The van der Waals surface area contributed by atoms with E-state index in [0.29, 0.717) is 20.0 Å². The molecule has 1 aliphatic heterocycles. The number of rotatable bonds is 3. The minimum Gasteiger partial charge on any atom is -0.302 e. The average molecular weight is 529 g/mol. The number of carbonyl (C=O) groups excluding carboxylic acids is 2. The first kappa shape index (κ1) is 21.7. The molecule has 1 aromatic heterocycles. The summed E-state index contributed by atoms with van der Waals surface area (Å²) in [5.74, 6) is -3.84. The van der Waals surface area contributed by atoms with Crippen molar-refractivity contribution in [1.29, 1.82) is 0 Å². The van der Waals surface area contributed by atoms with E-state index in [9.17, 15) is 19.2 Å². The van der Waals surface area contributed by atoms with Gasteiger partial charge in [0.2, 0.25) is 0 Å². The van der Waals surface area contributed by atoms with E-state index in [1.165, 1.54) is 17.4 Å². The molecular weight excluding hydrogens is 514 g/mol. The number of benzene rings is 3. The third-order valence-corrected chi connectivity index (χ3v) is 7.31. The van der Waals surface area contributed by atoms with E-state index in [4.69, 9.17) is 0 Å². The van der Waals surface area contributed by atoms with E-state index in [-0.39, 0.29) is 5.56 Å². The summed E-state index contributed by atoms with van der Waals surface area (Å²) in [5.41, 5.74) is -0.192. The van der Waals surface area contributed by atoms with Crippen molar-refractivity contribution < 1.29 is 23.6 Å². The Hall–Kier alpha value is -3.14. The van der Waals surface area contributed by atoms with Crippen LogP contribution >= 0.6 is 27.3 Å². The van der Waals surface area contributed by atoms with Gasteiger partial charge in [0.15, 0.2) is 6.17 Å². The van der Waals surface area contributed by atoms with Gasteiger partial charge in [0.1, 0.15) is 23.7 Å². The van der Waals surface area contributed by atoms with Crippen LogP contribution in [0.25, 0.3) is 21.9 Å². The quantitative estimate of drug-likeness (QED) is 0.332. The zero-order chi connectivity index (χ0) is 23.3. The molecular formula is C24H15BrF2N2O3S. The Kier molecular flexibility index (Phi) is 5.48. The molecule has 1 atom stereocenters. The zero-order valence-electron chi connectivity index (χ0n) is 16.8. The predicted octanol–water partition coefficient (Wildman–Crippen LogP) is 5.98. The second kappa shape index (κ2) is 8.33. The second-order valence-corrected chi connectivity index (χ2v) is 9.38. The van der Waals surface area contributed by atoms with Crippen molar-refractivity contribution in [2.75, 3.05) is 6.54 Å². The number of amides is 2. The van der Waals surface area contributed by atoms with Gasteiger partial charge in [-0.05, 0) is 50.5 Å². The maximum absolute atomic E-state index is 15.7. The number of fused-ring (bicyclic) bond motifs is 1. The van der Waals surface area contributed by atoms with Crippen molar-refractivity contribution in [3.63, 3.8) is 0 Å². The third-order valence-electron chi connectivity index (χ3n) is 5.58. The van der Waals surface area contributed by atoms with Crippen molar-refractivity contribution in [2.24, 2.45) is 0 Å². The average Bonchev–Trinajstić information content (AvgIpc) is 3.36. The molecule has 0 aliphatic carbocycles. The van der Waals surface area contributed by atoms with Crippen molar-refractivity contribution in [3.05, 3.63) is 92.6 Å². The lowest BCUT2D eigenvalue weighted by Gasteiger charge is -2.25. The molecule has 0 spiro atoms. The first-order valence-electron chi connectivity index (χ1n) is 9.89. The van der Waals surface area contributed by atoms with Crippen LogP contribution in [0.5, 0.6) is 0 Å². The number of carbonyl (C=O) groups is 2. The van der Waals surface area contributed by atoms with Crippen LogP contribution in [0.1, 0.15) is 21.4 Å². The van der Waals surface area contributed by atoms with Crippen molar-refractivity contribution in [3.8, 4) is 11.1 Å². The lowest BCUT2D eigenvalue weighted by molar-refractivity contribution is -0.168. The van der Waals surface area contributed by atoms with Crippen LogP contribution in [0.3, 0.4) is 0 Å². The lowest BCUT2D eigenvalue weighted by atomic mass is 9.96. The highest BCUT2D eigenvalue weighted by Crippen LogP contribution is 2.38. The van der Waals surface area contributed by atoms with E-state index in [1.54, 1.807) is 23.6 Å². The molecule has 2 amide bonds. The Morgan fingerprint density at radius 3 is 2.58 bits per heavy atom. The fourth-order valence-electron chi connectivity index (χ4n) is 4.05. The summed E-state index contributed by atoms with van der Waals surface area (Å²) in [6.45, 7) is -0.507. The molecule has 1 saturated heterocycles. The van der Waals surface area contributed by atoms with E-state index >= 15 is 4.39 Å². The van der Waals surface area contributed by atoms with Crippen LogP contribution in [0.4, 0.5) is 8.78 Å². The molecule has 9 heteroatoms. The number of halogens is 3. The van der Waals surface area contributed by atoms with Crippen molar-refractivity contribution in [1.82, 2.24) is 9.96 Å². The Balaban J connectivity index is 1.62.